The van der Waals surface area contributed by atoms with E-state index in [2.05, 4.69) is 27.0 Å². The number of benzene rings is 2. The van der Waals surface area contributed by atoms with Gasteiger partial charge >= 0.3 is 5.97 Å². The van der Waals surface area contributed by atoms with Crippen molar-refractivity contribution in [1.82, 2.24) is 9.97 Å². The number of halogens is 1. The molecule has 256 valence electrons. The first kappa shape index (κ1) is 33.3. The van der Waals surface area contributed by atoms with E-state index in [0.717, 1.165) is 55.9 Å². The summed E-state index contributed by atoms with van der Waals surface area (Å²) in [4.78, 5) is 22.2. The molecule has 0 bridgehead atoms. The van der Waals surface area contributed by atoms with E-state index in [-0.39, 0.29) is 34.1 Å². The van der Waals surface area contributed by atoms with Crippen LogP contribution in [0.15, 0.2) is 60.0 Å². The van der Waals surface area contributed by atoms with Gasteiger partial charge in [-0.05, 0) is 105 Å². The summed E-state index contributed by atoms with van der Waals surface area (Å²) in [5, 5.41) is 10.4. The molecule has 1 saturated carbocycles. The van der Waals surface area contributed by atoms with Crippen molar-refractivity contribution < 1.29 is 32.5 Å². The van der Waals surface area contributed by atoms with Crippen LogP contribution in [0.3, 0.4) is 0 Å². The minimum atomic E-state index is -3.66. The van der Waals surface area contributed by atoms with Gasteiger partial charge in [0.15, 0.2) is 0 Å². The standard InChI is InChI=1S/C36H42ClN3O7S/c1-23(20-48(43,44)35-38-13-3-14-39-35)47-28-11-15-45-33(18-28)29-8-5-26(29)19-40-21-36(12-2-4-24-16-27(37)7-9-30(24)36)22-46-32-10-6-25(34(41)42)17-31(32)40/h3,6-7,9-10,13-14,16-17,23,26,28-29,33H,2,4-5,8,11-12,15,18-22H2,1H3,(H,41,42)/t23-,26-,28-,29+,33+,36?/m0/s1. The second kappa shape index (κ2) is 13.6. The van der Waals surface area contributed by atoms with Gasteiger partial charge in [-0.1, -0.05) is 17.7 Å². The molecule has 1 saturated heterocycles. The Morgan fingerprint density at radius 1 is 1.17 bits per heavy atom. The number of rotatable bonds is 9. The molecule has 6 atom stereocenters. The van der Waals surface area contributed by atoms with E-state index < -0.39 is 21.9 Å². The van der Waals surface area contributed by atoms with Gasteiger partial charge in [0.2, 0.25) is 15.0 Å². The molecule has 1 aromatic heterocycles. The number of carboxylic acids is 1. The molecule has 10 nitrogen and oxygen atoms in total. The number of carboxylic acid groups (broad SMARTS) is 1. The van der Waals surface area contributed by atoms with Crippen LogP contribution in [0, 0.1) is 11.8 Å². The van der Waals surface area contributed by atoms with Gasteiger partial charge in [0.05, 0.1) is 41.9 Å². The summed E-state index contributed by atoms with van der Waals surface area (Å²) in [5.41, 5.74) is 3.34. The van der Waals surface area contributed by atoms with Crippen LogP contribution in [0.2, 0.25) is 5.02 Å². The number of aromatic nitrogens is 2. The average Bonchev–Trinajstić information content (AvgIpc) is 3.20. The smallest absolute Gasteiger partial charge is 0.335 e. The fourth-order valence-electron chi connectivity index (χ4n) is 8.26. The Morgan fingerprint density at radius 2 is 2.00 bits per heavy atom. The largest absolute Gasteiger partial charge is 0.490 e. The molecule has 2 aromatic carbocycles. The molecule has 48 heavy (non-hydrogen) atoms. The third-order valence-electron chi connectivity index (χ3n) is 10.7. The lowest BCUT2D eigenvalue weighted by atomic mass is 9.67. The Balaban J connectivity index is 1.08. The van der Waals surface area contributed by atoms with E-state index in [9.17, 15) is 18.3 Å². The number of nitrogens with zero attached hydrogens (tertiary/aromatic N) is 3. The fourth-order valence-corrected chi connectivity index (χ4v) is 9.74. The molecule has 2 aliphatic heterocycles. The molecule has 0 radical (unpaired) electrons. The Morgan fingerprint density at radius 3 is 2.77 bits per heavy atom. The average molecular weight is 696 g/mol. The number of hydrogen-bond donors (Lipinski definition) is 1. The molecule has 2 aliphatic carbocycles. The van der Waals surface area contributed by atoms with Gasteiger partial charge in [-0.2, -0.15) is 0 Å². The summed E-state index contributed by atoms with van der Waals surface area (Å²) in [5.74, 6) is 0.219. The van der Waals surface area contributed by atoms with E-state index in [0.29, 0.717) is 43.6 Å². The summed E-state index contributed by atoms with van der Waals surface area (Å²) in [6.07, 6.45) is 8.72. The Labute approximate surface area is 286 Å². The Kier molecular flexibility index (Phi) is 9.40. The summed E-state index contributed by atoms with van der Waals surface area (Å²) < 4.78 is 44.8. The third-order valence-corrected chi connectivity index (χ3v) is 12.6. The van der Waals surface area contributed by atoms with Crippen LogP contribution in [0.5, 0.6) is 5.75 Å². The van der Waals surface area contributed by atoms with Crippen LogP contribution in [-0.4, -0.2) is 79.8 Å². The van der Waals surface area contributed by atoms with E-state index in [1.54, 1.807) is 31.2 Å². The van der Waals surface area contributed by atoms with Gasteiger partial charge in [0, 0.05) is 48.9 Å². The third kappa shape index (κ3) is 6.79. The number of anilines is 1. The monoisotopic (exact) mass is 695 g/mol. The summed E-state index contributed by atoms with van der Waals surface area (Å²) >= 11 is 6.41. The SMILES string of the molecule is C[C@@H](CS(=O)(=O)c1ncccn1)O[C@H]1CCO[C@@H]([C@@H]2CC[C@H]2CN2CC3(CCCc4cc(Cl)ccc43)COc3ccc(C(=O)O)cc32)C1. The number of ether oxygens (including phenoxy) is 3. The lowest BCUT2D eigenvalue weighted by molar-refractivity contribution is -0.126. The van der Waals surface area contributed by atoms with Crippen LogP contribution in [0.1, 0.15) is 66.9 Å². The number of aromatic carboxylic acids is 1. The highest BCUT2D eigenvalue weighted by Crippen LogP contribution is 2.47. The van der Waals surface area contributed by atoms with Gasteiger partial charge in [-0.3, -0.25) is 0 Å². The molecule has 7 rings (SSSR count). The summed E-state index contributed by atoms with van der Waals surface area (Å²) in [7, 11) is -3.66. The van der Waals surface area contributed by atoms with Crippen molar-refractivity contribution in [3.63, 3.8) is 0 Å². The van der Waals surface area contributed by atoms with E-state index in [1.165, 1.54) is 23.5 Å². The minimum Gasteiger partial charge on any atom is -0.490 e. The number of hydrogen-bond acceptors (Lipinski definition) is 9. The summed E-state index contributed by atoms with van der Waals surface area (Å²) in [6, 6.07) is 13.0. The normalized spacial score (nSPS) is 27.6. The second-order valence-corrected chi connectivity index (χ2v) is 16.3. The second-order valence-electron chi connectivity index (χ2n) is 13.9. The number of sulfone groups is 1. The predicted molar refractivity (Wildman–Crippen MR) is 181 cm³/mol. The van der Waals surface area contributed by atoms with Gasteiger partial charge < -0.3 is 24.2 Å². The van der Waals surface area contributed by atoms with Gasteiger partial charge in [-0.15, -0.1) is 0 Å². The highest BCUT2D eigenvalue weighted by molar-refractivity contribution is 7.91. The predicted octanol–water partition coefficient (Wildman–Crippen LogP) is 5.75. The Bertz CT molecular complexity index is 1760. The first-order valence-corrected chi connectivity index (χ1v) is 18.9. The Hall–Kier alpha value is -3.25. The number of aryl methyl sites for hydroxylation is 1. The lowest BCUT2D eigenvalue weighted by Gasteiger charge is -2.48. The van der Waals surface area contributed by atoms with E-state index in [4.69, 9.17) is 25.8 Å². The molecule has 3 aromatic rings. The molecular weight excluding hydrogens is 654 g/mol. The number of fused-ring (bicyclic) bond motifs is 3. The van der Waals surface area contributed by atoms with Crippen molar-refractivity contribution in [2.24, 2.45) is 11.8 Å². The molecule has 12 heteroatoms. The van der Waals surface area contributed by atoms with Crippen molar-refractivity contribution in [1.29, 1.82) is 0 Å². The van der Waals surface area contributed by atoms with Crippen molar-refractivity contribution >= 4 is 33.1 Å². The molecule has 3 heterocycles. The minimum absolute atomic E-state index is 0.00308. The lowest BCUT2D eigenvalue weighted by Crippen LogP contribution is -2.51. The first-order valence-electron chi connectivity index (χ1n) is 16.9. The van der Waals surface area contributed by atoms with E-state index >= 15 is 0 Å². The highest BCUT2D eigenvalue weighted by atomic mass is 35.5. The van der Waals surface area contributed by atoms with Crippen molar-refractivity contribution in [3.8, 4) is 5.75 Å². The summed E-state index contributed by atoms with van der Waals surface area (Å²) in [6.45, 7) is 4.33. The van der Waals surface area contributed by atoms with Crippen molar-refractivity contribution in [3.05, 3.63) is 76.6 Å². The zero-order valence-corrected chi connectivity index (χ0v) is 28.7. The molecular formula is C36H42ClN3O7S. The van der Waals surface area contributed by atoms with Crippen LogP contribution < -0.4 is 9.64 Å². The topological polar surface area (TPSA) is 128 Å². The molecule has 1 unspecified atom stereocenters. The zero-order chi connectivity index (χ0) is 33.5. The number of carbonyl (C=O) groups is 1. The van der Waals surface area contributed by atoms with E-state index in [1.807, 2.05) is 6.07 Å². The van der Waals surface area contributed by atoms with Crippen molar-refractivity contribution in [2.45, 2.75) is 80.8 Å². The maximum absolute atomic E-state index is 12.8. The first-order chi connectivity index (χ1) is 23.1. The molecule has 4 aliphatic rings. The molecule has 0 amide bonds. The van der Waals surface area contributed by atoms with Crippen LogP contribution in [0.4, 0.5) is 5.69 Å². The molecule has 1 N–H and O–H groups in total. The zero-order valence-electron chi connectivity index (χ0n) is 27.1. The quantitative estimate of drug-likeness (QED) is 0.276. The maximum Gasteiger partial charge on any atom is 0.335 e. The van der Waals surface area contributed by atoms with Gasteiger partial charge in [-0.25, -0.2) is 23.2 Å². The molecule has 2 fully saturated rings. The molecule has 1 spiro atoms. The van der Waals surface area contributed by atoms with Crippen LogP contribution in [0.25, 0.3) is 0 Å². The van der Waals surface area contributed by atoms with Crippen LogP contribution >= 0.6 is 11.6 Å². The highest BCUT2D eigenvalue weighted by Gasteiger charge is 2.45. The maximum atomic E-state index is 12.8. The van der Waals surface area contributed by atoms with Crippen molar-refractivity contribution in [2.75, 3.05) is 37.0 Å². The van der Waals surface area contributed by atoms with Gasteiger partial charge in [0.25, 0.3) is 0 Å². The van der Waals surface area contributed by atoms with Gasteiger partial charge in [0.1, 0.15) is 5.75 Å². The van der Waals surface area contributed by atoms with Crippen LogP contribution in [-0.2, 0) is 31.1 Å². The fraction of sp³-hybridized carbons (Fsp3) is 0.528.